The number of benzene rings is 2. The number of carbonyl (C=O) groups is 2. The maximum absolute atomic E-state index is 12.4. The summed E-state index contributed by atoms with van der Waals surface area (Å²) in [5, 5.41) is 9.65. The van der Waals surface area contributed by atoms with Gasteiger partial charge < -0.3 is 4.74 Å². The predicted octanol–water partition coefficient (Wildman–Crippen LogP) is 3.49. The Morgan fingerprint density at radius 1 is 1.06 bits per heavy atom. The van der Waals surface area contributed by atoms with Crippen LogP contribution in [0.2, 0.25) is 0 Å². The highest BCUT2D eigenvalue weighted by molar-refractivity contribution is 7.98. The number of aryl methyl sites for hydroxylation is 2. The minimum Gasteiger partial charge on any atom is -0.481 e. The summed E-state index contributed by atoms with van der Waals surface area (Å²) >= 11 is 1.52. The first-order valence-corrected chi connectivity index (χ1v) is 11.1. The molecular weight excluding hydrogens is 438 g/mol. The van der Waals surface area contributed by atoms with Crippen molar-refractivity contribution >= 4 is 23.6 Å². The van der Waals surface area contributed by atoms with Crippen LogP contribution in [-0.2, 0) is 10.5 Å². The molecule has 1 aromatic heterocycles. The summed E-state index contributed by atoms with van der Waals surface area (Å²) in [7, 11) is 0. The van der Waals surface area contributed by atoms with Crippen LogP contribution in [0.25, 0.3) is 0 Å². The minimum atomic E-state index is -0.869. The van der Waals surface area contributed by atoms with Gasteiger partial charge in [0, 0.05) is 22.7 Å². The molecule has 9 heteroatoms. The van der Waals surface area contributed by atoms with Crippen molar-refractivity contribution in [3.8, 4) is 11.8 Å². The van der Waals surface area contributed by atoms with Crippen molar-refractivity contribution in [2.45, 2.75) is 37.8 Å². The molecule has 2 aromatic carbocycles. The van der Waals surface area contributed by atoms with E-state index in [1.807, 2.05) is 38.1 Å². The third-order valence-corrected chi connectivity index (χ3v) is 5.41. The van der Waals surface area contributed by atoms with Crippen LogP contribution >= 0.6 is 11.8 Å². The number of nitriles is 1. The summed E-state index contributed by atoms with van der Waals surface area (Å²) in [4.78, 5) is 33.4. The van der Waals surface area contributed by atoms with Crippen molar-refractivity contribution in [3.63, 3.8) is 0 Å². The first-order chi connectivity index (χ1) is 15.8. The molecule has 0 fully saturated rings. The van der Waals surface area contributed by atoms with Gasteiger partial charge in [-0.15, -0.1) is 0 Å². The van der Waals surface area contributed by atoms with Gasteiger partial charge in [0.25, 0.3) is 11.8 Å². The van der Waals surface area contributed by atoms with Crippen LogP contribution in [-0.4, -0.2) is 27.9 Å². The molecule has 0 aliphatic heterocycles. The summed E-state index contributed by atoms with van der Waals surface area (Å²) in [5.74, 6) is 0.0948. The number of carbonyl (C=O) groups excluding carboxylic acids is 2. The molecule has 0 saturated heterocycles. The van der Waals surface area contributed by atoms with Crippen molar-refractivity contribution < 1.29 is 14.3 Å². The van der Waals surface area contributed by atoms with Crippen molar-refractivity contribution in [2.75, 3.05) is 0 Å². The third kappa shape index (κ3) is 7.05. The van der Waals surface area contributed by atoms with E-state index in [0.717, 1.165) is 17.0 Å². The summed E-state index contributed by atoms with van der Waals surface area (Å²) in [6.45, 7) is 5.42. The zero-order chi connectivity index (χ0) is 23.8. The summed E-state index contributed by atoms with van der Waals surface area (Å²) in [5.41, 5.74) is 8.44. The molecule has 0 aliphatic rings. The number of hydrogen-bond donors (Lipinski definition) is 2. The van der Waals surface area contributed by atoms with Crippen LogP contribution in [0.3, 0.4) is 0 Å². The Balaban J connectivity index is 1.48. The topological polar surface area (TPSA) is 117 Å². The molecule has 2 N–H and O–H groups in total. The van der Waals surface area contributed by atoms with Gasteiger partial charge in [-0.1, -0.05) is 30.0 Å². The van der Waals surface area contributed by atoms with Gasteiger partial charge in [-0.25, -0.2) is 9.97 Å². The van der Waals surface area contributed by atoms with Crippen molar-refractivity contribution in [2.24, 2.45) is 0 Å². The number of thioether (sulfide) groups is 1. The van der Waals surface area contributed by atoms with Gasteiger partial charge in [0.2, 0.25) is 0 Å². The standard InChI is InChI=1S/C24H23N5O3S/c1-15-11-16(2)27-24(26-15)33-14-18-7-9-20(10-8-18)23(31)29-28-22(30)17(3)32-21-6-4-5-19(12-21)13-25/h4-12,17H,14H2,1-3H3,(H,28,30)(H,29,31). The van der Waals surface area contributed by atoms with E-state index in [2.05, 4.69) is 20.8 Å². The SMILES string of the molecule is Cc1cc(C)nc(SCc2ccc(C(=O)NNC(=O)C(C)Oc3cccc(C#N)c3)cc2)n1. The highest BCUT2D eigenvalue weighted by atomic mass is 32.2. The summed E-state index contributed by atoms with van der Waals surface area (Å²) in [6.07, 6.45) is -0.869. The van der Waals surface area contributed by atoms with Crippen LogP contribution in [0.15, 0.2) is 59.8 Å². The Kier molecular flexibility index (Phi) is 8.00. The molecule has 1 atom stereocenters. The van der Waals surface area contributed by atoms with E-state index in [1.165, 1.54) is 17.8 Å². The Morgan fingerprint density at radius 3 is 2.42 bits per heavy atom. The number of hydrazine groups is 1. The molecule has 0 spiro atoms. The summed E-state index contributed by atoms with van der Waals surface area (Å²) < 4.78 is 5.52. The average Bonchev–Trinajstić information content (AvgIpc) is 2.80. The van der Waals surface area contributed by atoms with Crippen molar-refractivity contribution in [1.82, 2.24) is 20.8 Å². The fourth-order valence-corrected chi connectivity index (χ4v) is 3.75. The molecule has 2 amide bonds. The first-order valence-electron chi connectivity index (χ1n) is 10.1. The fraction of sp³-hybridized carbons (Fsp3) is 0.208. The van der Waals surface area contributed by atoms with Gasteiger partial charge in [0.15, 0.2) is 11.3 Å². The fourth-order valence-electron chi connectivity index (χ4n) is 2.85. The smallest absolute Gasteiger partial charge is 0.279 e. The Morgan fingerprint density at radius 2 is 1.76 bits per heavy atom. The summed E-state index contributed by atoms with van der Waals surface area (Å²) in [6, 6.07) is 17.5. The average molecular weight is 462 g/mol. The molecule has 1 unspecified atom stereocenters. The Labute approximate surface area is 196 Å². The highest BCUT2D eigenvalue weighted by Crippen LogP contribution is 2.20. The normalized spacial score (nSPS) is 11.2. The monoisotopic (exact) mass is 461 g/mol. The van der Waals surface area contributed by atoms with Gasteiger partial charge in [0.1, 0.15) is 5.75 Å². The molecule has 33 heavy (non-hydrogen) atoms. The number of aromatic nitrogens is 2. The molecule has 8 nitrogen and oxygen atoms in total. The van der Waals surface area contributed by atoms with E-state index in [4.69, 9.17) is 10.00 Å². The molecule has 0 bridgehead atoms. The highest BCUT2D eigenvalue weighted by Gasteiger charge is 2.16. The van der Waals surface area contributed by atoms with E-state index >= 15 is 0 Å². The van der Waals surface area contributed by atoms with Crippen LogP contribution < -0.4 is 15.6 Å². The lowest BCUT2D eigenvalue weighted by Gasteiger charge is -2.15. The maximum atomic E-state index is 12.4. The molecule has 168 valence electrons. The first kappa shape index (κ1) is 23.8. The number of amides is 2. The second kappa shape index (κ2) is 11.1. The van der Waals surface area contributed by atoms with E-state index in [9.17, 15) is 9.59 Å². The number of ether oxygens (including phenoxy) is 1. The maximum Gasteiger partial charge on any atom is 0.279 e. The molecule has 0 aliphatic carbocycles. The van der Waals surface area contributed by atoms with Crippen LogP contribution in [0.4, 0.5) is 0 Å². The largest absolute Gasteiger partial charge is 0.481 e. The Hall–Kier alpha value is -3.90. The Bertz CT molecular complexity index is 1170. The van der Waals surface area contributed by atoms with Gasteiger partial charge in [-0.2, -0.15) is 5.26 Å². The van der Waals surface area contributed by atoms with Gasteiger partial charge in [-0.3, -0.25) is 20.4 Å². The molecule has 0 radical (unpaired) electrons. The van der Waals surface area contributed by atoms with Gasteiger partial charge in [0.05, 0.1) is 11.6 Å². The molecule has 1 heterocycles. The number of nitrogens with zero attached hydrogens (tertiary/aromatic N) is 3. The molecule has 0 saturated carbocycles. The third-order valence-electron chi connectivity index (χ3n) is 4.49. The van der Waals surface area contributed by atoms with Gasteiger partial charge in [-0.05, 0) is 62.7 Å². The van der Waals surface area contributed by atoms with Crippen molar-refractivity contribution in [3.05, 3.63) is 82.7 Å². The zero-order valence-corrected chi connectivity index (χ0v) is 19.3. The predicted molar refractivity (Wildman–Crippen MR) is 124 cm³/mol. The molecular formula is C24H23N5O3S. The van der Waals surface area contributed by atoms with Crippen LogP contribution in [0, 0.1) is 25.2 Å². The number of nitrogens with one attached hydrogen (secondary N) is 2. The van der Waals surface area contributed by atoms with Crippen LogP contribution in [0.5, 0.6) is 5.75 Å². The lowest BCUT2D eigenvalue weighted by Crippen LogP contribution is -2.47. The number of hydrogen-bond acceptors (Lipinski definition) is 7. The number of rotatable bonds is 7. The van der Waals surface area contributed by atoms with E-state index < -0.39 is 17.9 Å². The van der Waals surface area contributed by atoms with E-state index in [0.29, 0.717) is 27.8 Å². The van der Waals surface area contributed by atoms with E-state index in [1.54, 1.807) is 37.3 Å². The molecule has 3 aromatic rings. The van der Waals surface area contributed by atoms with Crippen molar-refractivity contribution in [1.29, 1.82) is 5.26 Å². The minimum absolute atomic E-state index is 0.391. The van der Waals surface area contributed by atoms with E-state index in [-0.39, 0.29) is 0 Å². The van der Waals surface area contributed by atoms with Crippen LogP contribution in [0.1, 0.15) is 39.8 Å². The zero-order valence-electron chi connectivity index (χ0n) is 18.5. The van der Waals surface area contributed by atoms with Gasteiger partial charge >= 0.3 is 0 Å². The second-order valence-corrected chi connectivity index (χ2v) is 8.20. The lowest BCUT2D eigenvalue weighted by molar-refractivity contribution is -0.128. The lowest BCUT2D eigenvalue weighted by atomic mass is 10.1. The second-order valence-electron chi connectivity index (χ2n) is 7.26. The molecule has 3 rings (SSSR count). The quantitative estimate of drug-likeness (QED) is 0.314.